The molecule has 0 saturated heterocycles. The van der Waals surface area contributed by atoms with Crippen LogP contribution in [0.2, 0.25) is 0 Å². The van der Waals surface area contributed by atoms with Gasteiger partial charge in [-0.1, -0.05) is 41.0 Å². The van der Waals surface area contributed by atoms with Gasteiger partial charge in [0.25, 0.3) is 0 Å². The second-order valence-electron chi connectivity index (χ2n) is 4.81. The summed E-state index contributed by atoms with van der Waals surface area (Å²) in [7, 11) is 0. The normalized spacial score (nSPS) is 17.1. The van der Waals surface area contributed by atoms with E-state index in [0.717, 1.165) is 12.0 Å². The minimum Gasteiger partial charge on any atom is -0.0961 e. The zero-order valence-corrected chi connectivity index (χ0v) is 10.5. The highest BCUT2D eigenvalue weighted by Gasteiger charge is 2.08. The third kappa shape index (κ3) is 3.91. The maximum absolute atomic E-state index is 3.90. The van der Waals surface area contributed by atoms with Crippen LogP contribution in [0.1, 0.15) is 47.0 Å². The Morgan fingerprint density at radius 3 is 2.53 bits per heavy atom. The summed E-state index contributed by atoms with van der Waals surface area (Å²) in [5.41, 5.74) is 7.18. The molecule has 0 aliphatic heterocycles. The van der Waals surface area contributed by atoms with E-state index in [1.54, 1.807) is 11.1 Å². The summed E-state index contributed by atoms with van der Waals surface area (Å²) in [5.74, 6) is 0. The first kappa shape index (κ1) is 12.0. The van der Waals surface area contributed by atoms with Crippen molar-refractivity contribution in [2.75, 3.05) is 0 Å². The predicted octanol–water partition coefficient (Wildman–Crippen LogP) is 4.96. The Kier molecular flexibility index (Phi) is 4.14. The first-order valence-electron chi connectivity index (χ1n) is 5.67. The summed E-state index contributed by atoms with van der Waals surface area (Å²) in [6, 6.07) is 0. The Morgan fingerprint density at radius 1 is 1.40 bits per heavy atom. The summed E-state index contributed by atoms with van der Waals surface area (Å²) in [6.07, 6.45) is 8.05. The Labute approximate surface area is 94.1 Å². The van der Waals surface area contributed by atoms with E-state index in [4.69, 9.17) is 0 Å². The highest BCUT2D eigenvalue weighted by atomic mass is 14.1. The molecule has 0 aromatic heterocycles. The molecule has 0 heterocycles. The first-order chi connectivity index (χ1) is 6.99. The second-order valence-corrected chi connectivity index (χ2v) is 4.81. The molecule has 0 heteroatoms. The van der Waals surface area contributed by atoms with Crippen molar-refractivity contribution < 1.29 is 0 Å². The second kappa shape index (κ2) is 5.16. The molecule has 1 aliphatic carbocycles. The Bertz CT molecular complexity index is 348. The van der Waals surface area contributed by atoms with Crippen molar-refractivity contribution in [3.63, 3.8) is 0 Å². The van der Waals surface area contributed by atoms with E-state index in [2.05, 4.69) is 39.5 Å². The van der Waals surface area contributed by atoms with Gasteiger partial charge in [-0.3, -0.25) is 0 Å². The summed E-state index contributed by atoms with van der Waals surface area (Å²) >= 11 is 0. The molecule has 0 aromatic rings. The first-order valence-corrected chi connectivity index (χ1v) is 5.67. The van der Waals surface area contributed by atoms with Crippen LogP contribution in [0.15, 0.2) is 46.6 Å². The third-order valence-corrected chi connectivity index (χ3v) is 2.79. The number of hydrogen-bond donors (Lipinski definition) is 0. The van der Waals surface area contributed by atoms with Crippen LogP contribution in [0.4, 0.5) is 0 Å². The van der Waals surface area contributed by atoms with Crippen molar-refractivity contribution in [2.24, 2.45) is 0 Å². The highest BCUT2D eigenvalue weighted by molar-refractivity contribution is 5.37. The quantitative estimate of drug-likeness (QED) is 0.565. The zero-order valence-electron chi connectivity index (χ0n) is 10.5. The summed E-state index contributed by atoms with van der Waals surface area (Å²) < 4.78 is 0. The monoisotopic (exact) mass is 202 g/mol. The fraction of sp³-hybridized carbons (Fsp3) is 0.467. The number of hydrogen-bond acceptors (Lipinski definition) is 0. The Hall–Kier alpha value is -1.04. The molecule has 0 unspecified atom stereocenters. The van der Waals surface area contributed by atoms with Gasteiger partial charge in [-0.05, 0) is 52.5 Å². The molecule has 0 aromatic carbocycles. The van der Waals surface area contributed by atoms with E-state index < -0.39 is 0 Å². The molecule has 0 N–H and O–H groups in total. The van der Waals surface area contributed by atoms with Gasteiger partial charge >= 0.3 is 0 Å². The predicted molar refractivity (Wildman–Crippen MR) is 68.9 cm³/mol. The van der Waals surface area contributed by atoms with Crippen LogP contribution in [-0.2, 0) is 0 Å². The smallest absolute Gasteiger partial charge is 0.0105 e. The van der Waals surface area contributed by atoms with Crippen LogP contribution in [-0.4, -0.2) is 0 Å². The average molecular weight is 202 g/mol. The maximum atomic E-state index is 3.90. The maximum Gasteiger partial charge on any atom is -0.0105 e. The summed E-state index contributed by atoms with van der Waals surface area (Å²) in [5, 5.41) is 0. The largest absolute Gasteiger partial charge is 0.0961 e. The average Bonchev–Trinajstić information content (AvgIpc) is 2.40. The Balaban J connectivity index is 2.51. The molecule has 1 aliphatic rings. The third-order valence-electron chi connectivity index (χ3n) is 2.79. The van der Waals surface area contributed by atoms with Crippen molar-refractivity contribution in [1.82, 2.24) is 0 Å². The van der Waals surface area contributed by atoms with Crippen molar-refractivity contribution in [3.05, 3.63) is 46.6 Å². The minimum atomic E-state index is 1.15. The van der Waals surface area contributed by atoms with Gasteiger partial charge in [0.15, 0.2) is 0 Å². The lowest BCUT2D eigenvalue weighted by molar-refractivity contribution is 0.932. The van der Waals surface area contributed by atoms with Crippen LogP contribution >= 0.6 is 0 Å². The van der Waals surface area contributed by atoms with Gasteiger partial charge in [0.1, 0.15) is 0 Å². The lowest BCUT2D eigenvalue weighted by Crippen LogP contribution is -1.84. The van der Waals surface area contributed by atoms with Crippen molar-refractivity contribution in [3.8, 4) is 0 Å². The molecule has 0 atom stereocenters. The van der Waals surface area contributed by atoms with Gasteiger partial charge in [0.05, 0.1) is 0 Å². The van der Waals surface area contributed by atoms with Gasteiger partial charge in [-0.15, -0.1) is 0 Å². The molecule has 0 amide bonds. The van der Waals surface area contributed by atoms with Gasteiger partial charge in [0, 0.05) is 0 Å². The summed E-state index contributed by atoms with van der Waals surface area (Å²) in [4.78, 5) is 0. The molecule has 82 valence electrons. The van der Waals surface area contributed by atoms with E-state index in [1.807, 2.05) is 6.92 Å². The van der Waals surface area contributed by atoms with Crippen molar-refractivity contribution in [2.45, 2.75) is 47.0 Å². The lowest BCUT2D eigenvalue weighted by atomic mass is 10.0. The van der Waals surface area contributed by atoms with E-state index in [9.17, 15) is 0 Å². The number of rotatable bonds is 4. The molecule has 15 heavy (non-hydrogen) atoms. The van der Waals surface area contributed by atoms with Crippen LogP contribution in [0.3, 0.4) is 0 Å². The SMILES string of the molecule is C=C(C)/C=C(\C)CCC1=C(C)CC(C)=C1. The van der Waals surface area contributed by atoms with Gasteiger partial charge in [-0.25, -0.2) is 0 Å². The fourth-order valence-corrected chi connectivity index (χ4v) is 2.11. The van der Waals surface area contributed by atoms with Gasteiger partial charge < -0.3 is 0 Å². The molecule has 0 spiro atoms. The van der Waals surface area contributed by atoms with Crippen LogP contribution in [0.25, 0.3) is 0 Å². The molecule has 0 bridgehead atoms. The Morgan fingerprint density at radius 2 is 2.07 bits per heavy atom. The zero-order chi connectivity index (χ0) is 11.4. The van der Waals surface area contributed by atoms with E-state index in [0.29, 0.717) is 0 Å². The van der Waals surface area contributed by atoms with Crippen LogP contribution in [0.5, 0.6) is 0 Å². The molecule has 0 nitrogen and oxygen atoms in total. The molecular formula is C15H22. The van der Waals surface area contributed by atoms with Crippen LogP contribution < -0.4 is 0 Å². The molecule has 0 fully saturated rings. The van der Waals surface area contributed by atoms with Crippen molar-refractivity contribution in [1.29, 1.82) is 0 Å². The topological polar surface area (TPSA) is 0 Å². The summed E-state index contributed by atoms with van der Waals surface area (Å²) in [6.45, 7) is 12.6. The molecular weight excluding hydrogens is 180 g/mol. The molecule has 1 rings (SSSR count). The van der Waals surface area contributed by atoms with Gasteiger partial charge in [0.2, 0.25) is 0 Å². The number of allylic oxidation sites excluding steroid dienone is 7. The van der Waals surface area contributed by atoms with E-state index in [-0.39, 0.29) is 0 Å². The van der Waals surface area contributed by atoms with Crippen molar-refractivity contribution >= 4 is 0 Å². The molecule has 0 radical (unpaired) electrons. The minimum absolute atomic E-state index is 1.15. The van der Waals surface area contributed by atoms with Gasteiger partial charge in [-0.2, -0.15) is 0 Å². The van der Waals surface area contributed by atoms with Crippen LogP contribution in [0, 0.1) is 0 Å². The standard InChI is InChI=1S/C15H22/c1-11(2)8-12(3)6-7-15-10-13(4)9-14(15)5/h8,10H,1,6-7,9H2,2-5H3/b12-8+. The highest BCUT2D eigenvalue weighted by Crippen LogP contribution is 2.28. The van der Waals surface area contributed by atoms with E-state index >= 15 is 0 Å². The lowest BCUT2D eigenvalue weighted by Gasteiger charge is -2.03. The van der Waals surface area contributed by atoms with E-state index in [1.165, 1.54) is 24.0 Å². The fourth-order valence-electron chi connectivity index (χ4n) is 2.11. The molecule has 0 saturated carbocycles.